The zero-order valence-corrected chi connectivity index (χ0v) is 47.5. The van der Waals surface area contributed by atoms with Gasteiger partial charge in [-0.25, -0.2) is 16.8 Å². The smallest absolute Gasteiger partial charge is 0.187 e. The highest BCUT2D eigenvalue weighted by Crippen LogP contribution is 2.33. The Hall–Kier alpha value is -0.700. The molecule has 0 aromatic heterocycles. The predicted molar refractivity (Wildman–Crippen MR) is 285 cm³/mol. The Morgan fingerprint density at radius 1 is 0.400 bits per heavy atom. The molecule has 3 fully saturated rings. The molecule has 0 amide bonds. The SMILES string of the molecule is CCCCCCCCCCCCCCCCS(=O)(=O)CC(CO[C@@H]1O[C@H](CO)[C@@H](O[C@@H]2O[C@H](C)[C@H](O[C@H]3O[C@H](CO)[C@H](O)[C@H](O)[C@H]3O)[C@H](O)[C@H]2O)[C@H](O)[C@H]1O)CS(=O)(=O)CCCCCCCCCCCCCCCC. The molecular weight excluding hydrogens is 1020 g/mol. The van der Waals surface area contributed by atoms with Crippen molar-refractivity contribution in [3.8, 4) is 0 Å². The quantitative estimate of drug-likeness (QED) is 0.0367. The number of hydrogen-bond acceptors (Lipinski definition) is 19. The van der Waals surface area contributed by atoms with E-state index in [0.29, 0.717) is 12.8 Å². The third-order valence-electron chi connectivity index (χ3n) is 15.1. The molecule has 75 heavy (non-hydrogen) atoms. The van der Waals surface area contributed by atoms with Crippen molar-refractivity contribution in [1.29, 1.82) is 0 Å². The van der Waals surface area contributed by atoms with Gasteiger partial charge in [0.15, 0.2) is 38.5 Å². The lowest BCUT2D eigenvalue weighted by molar-refractivity contribution is -0.376. The van der Waals surface area contributed by atoms with Crippen molar-refractivity contribution in [2.45, 2.75) is 293 Å². The highest BCUT2D eigenvalue weighted by molar-refractivity contribution is 7.92. The van der Waals surface area contributed by atoms with Gasteiger partial charge in [0.05, 0.1) is 48.9 Å². The summed E-state index contributed by atoms with van der Waals surface area (Å²) in [6.45, 7) is 3.83. The highest BCUT2D eigenvalue weighted by atomic mass is 32.2. The molecule has 19 nitrogen and oxygen atoms in total. The fraction of sp³-hybridized carbons (Fsp3) is 1.00. The Morgan fingerprint density at radius 2 is 0.733 bits per heavy atom. The molecule has 0 aromatic rings. The van der Waals surface area contributed by atoms with Crippen LogP contribution in [0.3, 0.4) is 0 Å². The summed E-state index contributed by atoms with van der Waals surface area (Å²) in [5.41, 5.74) is 0. The van der Waals surface area contributed by atoms with Crippen LogP contribution in [0.15, 0.2) is 0 Å². The van der Waals surface area contributed by atoms with Gasteiger partial charge in [-0.05, 0) is 19.8 Å². The number of ether oxygens (including phenoxy) is 6. The van der Waals surface area contributed by atoms with Crippen LogP contribution >= 0.6 is 0 Å². The van der Waals surface area contributed by atoms with Gasteiger partial charge < -0.3 is 74.4 Å². The van der Waals surface area contributed by atoms with Gasteiger partial charge in [-0.15, -0.1) is 0 Å². The van der Waals surface area contributed by atoms with Crippen LogP contribution in [0.1, 0.15) is 201 Å². The van der Waals surface area contributed by atoms with Crippen molar-refractivity contribution in [3.63, 3.8) is 0 Å². The molecule has 0 unspecified atom stereocenters. The molecule has 9 N–H and O–H groups in total. The Kier molecular flexibility index (Phi) is 34.8. The first-order chi connectivity index (χ1) is 35.9. The van der Waals surface area contributed by atoms with Gasteiger partial charge in [0, 0.05) is 5.92 Å². The zero-order chi connectivity index (χ0) is 55.2. The molecule has 3 saturated heterocycles. The minimum absolute atomic E-state index is 0.115. The molecule has 0 saturated carbocycles. The fourth-order valence-corrected chi connectivity index (χ4v) is 14.1. The Bertz CT molecular complexity index is 1590. The molecule has 0 spiro atoms. The third-order valence-corrected chi connectivity index (χ3v) is 18.9. The van der Waals surface area contributed by atoms with Crippen molar-refractivity contribution in [1.82, 2.24) is 0 Å². The molecule has 3 heterocycles. The number of aliphatic hydroxyl groups excluding tert-OH is 9. The van der Waals surface area contributed by atoms with Gasteiger partial charge in [0.25, 0.3) is 0 Å². The van der Waals surface area contributed by atoms with Crippen molar-refractivity contribution in [2.75, 3.05) is 42.8 Å². The maximum absolute atomic E-state index is 13.6. The van der Waals surface area contributed by atoms with E-state index in [1.54, 1.807) is 0 Å². The summed E-state index contributed by atoms with van der Waals surface area (Å²) in [7, 11) is -7.50. The summed E-state index contributed by atoms with van der Waals surface area (Å²) >= 11 is 0. The van der Waals surface area contributed by atoms with Gasteiger partial charge in [-0.3, -0.25) is 0 Å². The first-order valence-electron chi connectivity index (χ1n) is 29.2. The largest absolute Gasteiger partial charge is 0.394 e. The number of sulfone groups is 2. The molecule has 0 aliphatic carbocycles. The number of unbranched alkanes of at least 4 members (excludes halogenated alkanes) is 26. The maximum atomic E-state index is 13.6. The minimum Gasteiger partial charge on any atom is -0.394 e. The fourth-order valence-electron chi connectivity index (χ4n) is 10.4. The molecule has 3 rings (SSSR count). The second-order valence-electron chi connectivity index (χ2n) is 21.9. The number of rotatable bonds is 43. The Balaban J connectivity index is 1.55. The monoisotopic (exact) mass is 1120 g/mol. The van der Waals surface area contributed by atoms with E-state index in [1.165, 1.54) is 122 Å². The van der Waals surface area contributed by atoms with Gasteiger partial charge in [0.2, 0.25) is 0 Å². The van der Waals surface area contributed by atoms with Crippen LogP contribution in [-0.4, -0.2) is 198 Å². The Morgan fingerprint density at radius 3 is 1.15 bits per heavy atom. The van der Waals surface area contributed by atoms with Crippen molar-refractivity contribution >= 4 is 19.7 Å². The maximum Gasteiger partial charge on any atom is 0.187 e. The van der Waals surface area contributed by atoms with Gasteiger partial charge in [-0.1, -0.05) is 181 Å². The van der Waals surface area contributed by atoms with Gasteiger partial charge in [-0.2, -0.15) is 0 Å². The van der Waals surface area contributed by atoms with E-state index in [9.17, 15) is 62.8 Å². The van der Waals surface area contributed by atoms with E-state index in [4.69, 9.17) is 28.4 Å². The van der Waals surface area contributed by atoms with E-state index in [2.05, 4.69) is 13.8 Å². The lowest BCUT2D eigenvalue weighted by Crippen LogP contribution is -2.66. The van der Waals surface area contributed by atoms with Gasteiger partial charge >= 0.3 is 0 Å². The third kappa shape index (κ3) is 25.7. The summed E-state index contributed by atoms with van der Waals surface area (Å²) in [4.78, 5) is 0. The summed E-state index contributed by atoms with van der Waals surface area (Å²) in [5, 5.41) is 95.4. The molecule has 21 heteroatoms. The average molecular weight is 1120 g/mol. The second-order valence-corrected chi connectivity index (χ2v) is 26.4. The van der Waals surface area contributed by atoms with Crippen LogP contribution in [0.2, 0.25) is 0 Å². The zero-order valence-electron chi connectivity index (χ0n) is 45.9. The predicted octanol–water partition coefficient (Wildman–Crippen LogP) is 4.89. The number of aliphatic hydroxyl groups is 9. The van der Waals surface area contributed by atoms with Crippen LogP contribution in [0, 0.1) is 5.92 Å². The van der Waals surface area contributed by atoms with E-state index in [1.807, 2.05) is 0 Å². The minimum atomic E-state index is -3.75. The topological polar surface area (TPSA) is 306 Å². The standard InChI is InChI=1S/C54H104O19S2/c1-4-6-8-10-12-14-16-18-20-22-24-26-28-30-32-74(64,65)37-40(38-75(66,67)33-31-29-27-25-23-21-19-17-15-13-11-9-7-5-2)36-68-52-48(62)46(60)51(42(35-56)71-52)73-53-49(63)45(59)50(39(3)69-53)72-54-47(61)44(58)43(57)41(34-55)70-54/h39-63H,4-38H2,1-3H3/t39-,41-,42-,43+,44+,45-,46-,47-,48-,49-,50+,51-,52-,53+,54-/m1/s1. The highest BCUT2D eigenvalue weighted by Gasteiger charge is 2.53. The first-order valence-corrected chi connectivity index (χ1v) is 32.8. The van der Waals surface area contributed by atoms with E-state index >= 15 is 0 Å². The van der Waals surface area contributed by atoms with Crippen molar-refractivity contribution in [2.24, 2.45) is 5.92 Å². The molecular formula is C54H104O19S2. The van der Waals surface area contributed by atoms with Crippen molar-refractivity contribution in [3.05, 3.63) is 0 Å². The van der Waals surface area contributed by atoms with Crippen LogP contribution < -0.4 is 0 Å². The summed E-state index contributed by atoms with van der Waals surface area (Å²) in [6, 6.07) is 0. The lowest BCUT2D eigenvalue weighted by atomic mass is 9.96. The average Bonchev–Trinajstić information content (AvgIpc) is 3.37. The Labute approximate surface area is 450 Å². The molecule has 446 valence electrons. The normalized spacial score (nSPS) is 30.9. The van der Waals surface area contributed by atoms with Crippen LogP contribution in [0.25, 0.3) is 0 Å². The van der Waals surface area contributed by atoms with Crippen LogP contribution in [-0.2, 0) is 48.1 Å². The van der Waals surface area contributed by atoms with Gasteiger partial charge in [0.1, 0.15) is 67.1 Å². The number of hydrogen-bond donors (Lipinski definition) is 9. The summed E-state index contributed by atoms with van der Waals surface area (Å²) < 4.78 is 88.6. The van der Waals surface area contributed by atoms with Crippen molar-refractivity contribution < 1.29 is 91.2 Å². The van der Waals surface area contributed by atoms with Crippen LogP contribution in [0.4, 0.5) is 0 Å². The first kappa shape index (κ1) is 68.6. The molecule has 3 aliphatic heterocycles. The van der Waals surface area contributed by atoms with E-state index < -0.39 is 149 Å². The summed E-state index contributed by atoms with van der Waals surface area (Å²) in [5.74, 6) is -2.24. The molecule has 15 atom stereocenters. The second kappa shape index (κ2) is 38.1. The van der Waals surface area contributed by atoms with E-state index in [0.717, 1.165) is 51.4 Å². The molecule has 0 bridgehead atoms. The summed E-state index contributed by atoms with van der Waals surface area (Å²) in [6.07, 6.45) is 6.53. The molecule has 0 aromatic carbocycles. The van der Waals surface area contributed by atoms with E-state index in [-0.39, 0.29) is 11.5 Å². The van der Waals surface area contributed by atoms with Crippen LogP contribution in [0.5, 0.6) is 0 Å². The lowest BCUT2D eigenvalue weighted by Gasteiger charge is -2.47. The molecule has 3 aliphatic rings. The molecule has 0 radical (unpaired) electrons.